The summed E-state index contributed by atoms with van der Waals surface area (Å²) >= 11 is 1.28. The van der Waals surface area contributed by atoms with E-state index in [0.29, 0.717) is 47.3 Å². The summed E-state index contributed by atoms with van der Waals surface area (Å²) in [7, 11) is 0. The maximum Gasteiger partial charge on any atom is 0.301 e. The summed E-state index contributed by atoms with van der Waals surface area (Å²) in [5.41, 5.74) is 2.50. The van der Waals surface area contributed by atoms with E-state index in [-0.39, 0.29) is 11.3 Å². The van der Waals surface area contributed by atoms with Crippen molar-refractivity contribution in [1.82, 2.24) is 9.97 Å². The molecule has 0 aliphatic carbocycles. The van der Waals surface area contributed by atoms with Crippen LogP contribution in [0, 0.1) is 0 Å². The minimum atomic E-state index is -0.928. The summed E-state index contributed by atoms with van der Waals surface area (Å²) in [6, 6.07) is 15.1. The van der Waals surface area contributed by atoms with E-state index in [0.717, 1.165) is 16.0 Å². The first-order valence-electron chi connectivity index (χ1n) is 11.6. The molecule has 1 atom stereocenters. The van der Waals surface area contributed by atoms with E-state index in [1.165, 1.54) is 16.2 Å². The molecule has 6 rings (SSSR count). The highest BCUT2D eigenvalue weighted by atomic mass is 32.1. The summed E-state index contributed by atoms with van der Waals surface area (Å²) in [4.78, 5) is 37.2. The van der Waals surface area contributed by atoms with Gasteiger partial charge in [-0.05, 0) is 61.0 Å². The largest absolute Gasteiger partial charge is 0.507 e. The van der Waals surface area contributed by atoms with Crippen LogP contribution in [0.15, 0.2) is 66.4 Å². The van der Waals surface area contributed by atoms with E-state index in [1.807, 2.05) is 25.1 Å². The van der Waals surface area contributed by atoms with E-state index in [9.17, 15) is 14.7 Å². The number of nitrogens with zero attached hydrogens (tertiary/aromatic N) is 3. The molecular weight excluding hydrogens is 478 g/mol. The number of hydrogen-bond acceptors (Lipinski definition) is 8. The molecule has 0 spiro atoms. The van der Waals surface area contributed by atoms with Crippen molar-refractivity contribution in [2.45, 2.75) is 19.4 Å². The number of ketones is 1. The average molecular weight is 500 g/mol. The van der Waals surface area contributed by atoms with Crippen LogP contribution in [-0.4, -0.2) is 40.0 Å². The predicted molar refractivity (Wildman–Crippen MR) is 135 cm³/mol. The third-order valence-corrected chi connectivity index (χ3v) is 7.26. The van der Waals surface area contributed by atoms with Gasteiger partial charge in [0.05, 0.1) is 34.7 Å². The van der Waals surface area contributed by atoms with Crippen LogP contribution in [0.4, 0.5) is 5.13 Å². The third kappa shape index (κ3) is 3.59. The predicted octanol–water partition coefficient (Wildman–Crippen LogP) is 4.65. The van der Waals surface area contributed by atoms with Gasteiger partial charge in [0.2, 0.25) is 0 Å². The van der Waals surface area contributed by atoms with Crippen molar-refractivity contribution < 1.29 is 24.2 Å². The van der Waals surface area contributed by atoms with Crippen LogP contribution in [-0.2, 0) is 16.0 Å². The van der Waals surface area contributed by atoms with Crippen LogP contribution >= 0.6 is 11.3 Å². The molecule has 2 aliphatic rings. The molecule has 1 saturated heterocycles. The van der Waals surface area contributed by atoms with Crippen molar-refractivity contribution in [2.24, 2.45) is 0 Å². The van der Waals surface area contributed by atoms with Gasteiger partial charge in [0, 0.05) is 18.2 Å². The molecule has 2 aliphatic heterocycles. The Hall–Kier alpha value is -4.24. The molecule has 8 nitrogen and oxygen atoms in total. The van der Waals surface area contributed by atoms with Gasteiger partial charge in [-0.15, -0.1) is 0 Å². The fourth-order valence-electron chi connectivity index (χ4n) is 4.59. The van der Waals surface area contributed by atoms with E-state index < -0.39 is 17.7 Å². The maximum absolute atomic E-state index is 13.4. The van der Waals surface area contributed by atoms with Crippen LogP contribution < -0.4 is 14.4 Å². The molecule has 1 fully saturated rings. The Kier molecular flexibility index (Phi) is 5.41. The number of anilines is 1. The fourth-order valence-corrected chi connectivity index (χ4v) is 5.61. The second-order valence-corrected chi connectivity index (χ2v) is 9.41. The zero-order valence-electron chi connectivity index (χ0n) is 19.3. The number of Topliss-reactive ketones (excluding diaryl/α,β-unsaturated/α-hetero) is 1. The Morgan fingerprint density at radius 1 is 1.19 bits per heavy atom. The fraction of sp³-hybridized carbons (Fsp3) is 0.185. The first-order valence-corrected chi connectivity index (χ1v) is 12.4. The highest BCUT2D eigenvalue weighted by Crippen LogP contribution is 2.44. The van der Waals surface area contributed by atoms with Crippen LogP contribution in [0.25, 0.3) is 16.0 Å². The summed E-state index contributed by atoms with van der Waals surface area (Å²) in [5.74, 6) is -0.339. The minimum Gasteiger partial charge on any atom is -0.507 e. The van der Waals surface area contributed by atoms with Crippen molar-refractivity contribution in [3.8, 4) is 11.5 Å². The van der Waals surface area contributed by atoms with Gasteiger partial charge in [0.15, 0.2) is 5.13 Å². The number of thiazole rings is 1. The second kappa shape index (κ2) is 8.76. The van der Waals surface area contributed by atoms with E-state index in [2.05, 4.69) is 9.97 Å². The first-order chi connectivity index (χ1) is 17.5. The Labute approximate surface area is 210 Å². The molecule has 4 aromatic rings. The molecule has 4 heterocycles. The van der Waals surface area contributed by atoms with Gasteiger partial charge in [0.1, 0.15) is 23.3 Å². The summed E-state index contributed by atoms with van der Waals surface area (Å²) in [6.45, 7) is 3.00. The smallest absolute Gasteiger partial charge is 0.301 e. The van der Waals surface area contributed by atoms with Crippen LogP contribution in [0.1, 0.15) is 29.8 Å². The molecule has 0 saturated carbocycles. The first kappa shape index (κ1) is 22.2. The van der Waals surface area contributed by atoms with Crippen molar-refractivity contribution in [2.75, 3.05) is 18.1 Å². The molecule has 180 valence electrons. The summed E-state index contributed by atoms with van der Waals surface area (Å²) in [6.07, 6.45) is 2.30. The highest BCUT2D eigenvalue weighted by Gasteiger charge is 2.48. The summed E-state index contributed by atoms with van der Waals surface area (Å²) in [5, 5.41) is 11.7. The number of hydrogen-bond donors (Lipinski definition) is 1. The zero-order chi connectivity index (χ0) is 24.8. The van der Waals surface area contributed by atoms with Gasteiger partial charge in [0.25, 0.3) is 5.78 Å². The van der Waals surface area contributed by atoms with Gasteiger partial charge in [-0.2, -0.15) is 0 Å². The topological polar surface area (TPSA) is 102 Å². The highest BCUT2D eigenvalue weighted by molar-refractivity contribution is 7.22. The van der Waals surface area contributed by atoms with Crippen LogP contribution in [0.5, 0.6) is 11.5 Å². The van der Waals surface area contributed by atoms with Gasteiger partial charge in [-0.3, -0.25) is 19.5 Å². The number of aromatic nitrogens is 2. The average Bonchev–Trinajstić information content (AvgIpc) is 3.60. The lowest BCUT2D eigenvalue weighted by atomic mass is 9.97. The second-order valence-electron chi connectivity index (χ2n) is 8.40. The molecule has 9 heteroatoms. The SMILES string of the molecule is CCOc1ccc2nc(N3C(=O)C(=O)/C(=C(/O)c4ccc5c(c4)CCO5)C3c3ccccn3)sc2c1. The maximum atomic E-state index is 13.4. The monoisotopic (exact) mass is 499 g/mol. The number of aliphatic hydroxyl groups is 1. The van der Waals surface area contributed by atoms with E-state index >= 15 is 0 Å². The molecule has 1 amide bonds. The third-order valence-electron chi connectivity index (χ3n) is 6.24. The van der Waals surface area contributed by atoms with Gasteiger partial charge < -0.3 is 14.6 Å². The Bertz CT molecular complexity index is 1550. The molecule has 0 radical (unpaired) electrons. The normalized spacial score (nSPS) is 18.5. The van der Waals surface area contributed by atoms with E-state index in [4.69, 9.17) is 9.47 Å². The molecule has 0 bridgehead atoms. The molecule has 1 N–H and O–H groups in total. The lowest BCUT2D eigenvalue weighted by Crippen LogP contribution is -2.29. The number of rotatable bonds is 5. The van der Waals surface area contributed by atoms with Crippen molar-refractivity contribution in [3.05, 3.63) is 83.2 Å². The van der Waals surface area contributed by atoms with Crippen molar-refractivity contribution in [1.29, 1.82) is 0 Å². The lowest BCUT2D eigenvalue weighted by molar-refractivity contribution is -0.132. The van der Waals surface area contributed by atoms with Gasteiger partial charge in [-0.1, -0.05) is 17.4 Å². The molecule has 2 aromatic heterocycles. The molecule has 2 aromatic carbocycles. The molecule has 36 heavy (non-hydrogen) atoms. The van der Waals surface area contributed by atoms with Crippen LogP contribution in [0.2, 0.25) is 0 Å². The molecule has 1 unspecified atom stereocenters. The number of benzene rings is 2. The van der Waals surface area contributed by atoms with Crippen LogP contribution in [0.3, 0.4) is 0 Å². The number of fused-ring (bicyclic) bond motifs is 2. The number of ether oxygens (including phenoxy) is 2. The zero-order valence-corrected chi connectivity index (χ0v) is 20.1. The Morgan fingerprint density at radius 2 is 2.08 bits per heavy atom. The van der Waals surface area contributed by atoms with E-state index in [1.54, 1.807) is 42.6 Å². The van der Waals surface area contributed by atoms with Gasteiger partial charge in [-0.25, -0.2) is 4.98 Å². The standard InChI is InChI=1S/C27H21N3O5S/c1-2-34-17-7-8-18-21(14-17)36-27(29-18)30-23(19-5-3-4-11-28-19)22(25(32)26(30)33)24(31)16-6-9-20-15(13-16)10-12-35-20/h3-9,11,13-14,23,31H,2,10,12H2,1H3/b24-22+. The van der Waals surface area contributed by atoms with Crippen molar-refractivity contribution >= 4 is 44.1 Å². The number of aliphatic hydroxyl groups excluding tert-OH is 1. The number of carbonyl (C=O) groups is 2. The number of pyridine rings is 1. The molecular formula is C27H21N3O5S. The number of carbonyl (C=O) groups excluding carboxylic acids is 2. The van der Waals surface area contributed by atoms with Crippen molar-refractivity contribution in [3.63, 3.8) is 0 Å². The summed E-state index contributed by atoms with van der Waals surface area (Å²) < 4.78 is 12.0. The minimum absolute atomic E-state index is 0.0215. The number of amides is 1. The Morgan fingerprint density at radius 3 is 2.89 bits per heavy atom. The quantitative estimate of drug-likeness (QED) is 0.242. The Balaban J connectivity index is 1.51. The lowest BCUT2D eigenvalue weighted by Gasteiger charge is -2.22. The van der Waals surface area contributed by atoms with Gasteiger partial charge >= 0.3 is 5.91 Å².